The Hall–Kier alpha value is -2.32. The maximum atomic E-state index is 12.4. The molecule has 2 aromatic heterocycles. The number of aliphatic hydroxyl groups is 3. The molecular weight excluding hydrogens is 342 g/mol. The first kappa shape index (κ1) is 16.5. The van der Waals surface area contributed by atoms with E-state index < -0.39 is 36.7 Å². The summed E-state index contributed by atoms with van der Waals surface area (Å²) in [6.07, 6.45) is -3.50. The Morgan fingerprint density at radius 3 is 2.75 bits per heavy atom. The first-order chi connectivity index (χ1) is 11.3. The van der Waals surface area contributed by atoms with Crippen LogP contribution in [-0.2, 0) is 4.74 Å². The third-order valence-electron chi connectivity index (χ3n) is 3.64. The topological polar surface area (TPSA) is 187 Å². The fourth-order valence-corrected chi connectivity index (χ4v) is 2.59. The van der Waals surface area contributed by atoms with Crippen LogP contribution in [0.1, 0.15) is 6.23 Å². The molecule has 0 unspecified atom stereocenters. The SMILES string of the molecule is NC(=S)Nn1c(N)nc2c(ncn2[C@@H]2O[C@H](CO)[C@@H](O)[C@H]2O)c1=O. The maximum Gasteiger partial charge on any atom is 0.302 e. The second-order valence-corrected chi connectivity index (χ2v) is 5.58. The molecule has 3 heterocycles. The summed E-state index contributed by atoms with van der Waals surface area (Å²) in [6, 6.07) is 0. The van der Waals surface area contributed by atoms with Gasteiger partial charge >= 0.3 is 5.56 Å². The van der Waals surface area contributed by atoms with Crippen LogP contribution in [0.2, 0.25) is 0 Å². The maximum absolute atomic E-state index is 12.4. The summed E-state index contributed by atoms with van der Waals surface area (Å²) in [7, 11) is 0. The van der Waals surface area contributed by atoms with Crippen LogP contribution in [0.25, 0.3) is 11.2 Å². The van der Waals surface area contributed by atoms with Gasteiger partial charge in [-0.2, -0.15) is 9.66 Å². The van der Waals surface area contributed by atoms with Crippen molar-refractivity contribution in [2.45, 2.75) is 24.5 Å². The van der Waals surface area contributed by atoms with Crippen LogP contribution in [-0.4, -0.2) is 64.6 Å². The minimum Gasteiger partial charge on any atom is -0.394 e. The monoisotopic (exact) mass is 357 g/mol. The Kier molecular flexibility index (Phi) is 4.10. The number of nitrogen functional groups attached to an aromatic ring is 1. The van der Waals surface area contributed by atoms with Gasteiger partial charge in [-0.1, -0.05) is 0 Å². The highest BCUT2D eigenvalue weighted by Gasteiger charge is 2.44. The Morgan fingerprint density at radius 1 is 1.46 bits per heavy atom. The molecule has 24 heavy (non-hydrogen) atoms. The summed E-state index contributed by atoms with van der Waals surface area (Å²) in [4.78, 5) is 20.3. The lowest BCUT2D eigenvalue weighted by atomic mass is 10.1. The summed E-state index contributed by atoms with van der Waals surface area (Å²) >= 11 is 4.66. The molecule has 0 aromatic carbocycles. The van der Waals surface area contributed by atoms with Gasteiger partial charge in [0.2, 0.25) is 5.95 Å². The molecule has 0 spiro atoms. The number of nitrogens with one attached hydrogen (secondary N) is 1. The summed E-state index contributed by atoms with van der Waals surface area (Å²) in [5, 5.41) is 28.9. The van der Waals surface area contributed by atoms with Gasteiger partial charge in [0, 0.05) is 0 Å². The van der Waals surface area contributed by atoms with Crippen molar-refractivity contribution in [1.29, 1.82) is 0 Å². The van der Waals surface area contributed by atoms with E-state index in [0.717, 1.165) is 4.68 Å². The van der Waals surface area contributed by atoms with E-state index in [1.807, 2.05) is 0 Å². The van der Waals surface area contributed by atoms with Gasteiger partial charge in [-0.15, -0.1) is 0 Å². The third kappa shape index (κ3) is 2.47. The largest absolute Gasteiger partial charge is 0.394 e. The normalized spacial score (nSPS) is 26.8. The van der Waals surface area contributed by atoms with E-state index in [9.17, 15) is 15.0 Å². The van der Waals surface area contributed by atoms with Crippen LogP contribution < -0.4 is 22.5 Å². The molecule has 3 rings (SSSR count). The van der Waals surface area contributed by atoms with Gasteiger partial charge in [-0.25, -0.2) is 4.98 Å². The summed E-state index contributed by atoms with van der Waals surface area (Å²) in [5.74, 6) is -0.242. The number of fused-ring (bicyclic) bond motifs is 1. The van der Waals surface area contributed by atoms with Crippen molar-refractivity contribution < 1.29 is 20.1 Å². The number of nitrogens with two attached hydrogens (primary N) is 2. The predicted octanol–water partition coefficient (Wildman–Crippen LogP) is -3.43. The highest BCUT2D eigenvalue weighted by Crippen LogP contribution is 2.30. The third-order valence-corrected chi connectivity index (χ3v) is 3.73. The van der Waals surface area contributed by atoms with Crippen LogP contribution in [0.15, 0.2) is 11.1 Å². The molecule has 0 bridgehead atoms. The molecule has 0 amide bonds. The quantitative estimate of drug-likeness (QED) is 0.300. The minimum atomic E-state index is -1.35. The van der Waals surface area contributed by atoms with E-state index in [1.165, 1.54) is 10.9 Å². The lowest BCUT2D eigenvalue weighted by Crippen LogP contribution is -2.38. The molecule has 12 nitrogen and oxygen atoms in total. The second-order valence-electron chi connectivity index (χ2n) is 5.14. The Labute approximate surface area is 139 Å². The first-order valence-corrected chi connectivity index (χ1v) is 7.20. The number of hydrogen-bond acceptors (Lipinski definition) is 9. The molecule has 1 saturated heterocycles. The number of ether oxygens (including phenoxy) is 1. The van der Waals surface area contributed by atoms with Gasteiger partial charge in [0.05, 0.1) is 12.9 Å². The molecule has 8 N–H and O–H groups in total. The van der Waals surface area contributed by atoms with E-state index in [0.29, 0.717) is 0 Å². The summed E-state index contributed by atoms with van der Waals surface area (Å²) in [6.45, 7) is -0.485. The van der Waals surface area contributed by atoms with Crippen molar-refractivity contribution in [3.8, 4) is 0 Å². The molecule has 1 aliphatic rings. The summed E-state index contributed by atoms with van der Waals surface area (Å²) < 4.78 is 7.47. The molecule has 13 heteroatoms. The van der Waals surface area contributed by atoms with Gasteiger partial charge in [-0.05, 0) is 12.2 Å². The number of thiocarbonyl (C=S) groups is 1. The number of imidazole rings is 1. The first-order valence-electron chi connectivity index (χ1n) is 6.79. The lowest BCUT2D eigenvalue weighted by Gasteiger charge is -2.17. The van der Waals surface area contributed by atoms with E-state index >= 15 is 0 Å². The molecule has 4 atom stereocenters. The zero-order valence-electron chi connectivity index (χ0n) is 12.1. The number of aromatic nitrogens is 4. The highest BCUT2D eigenvalue weighted by atomic mass is 32.1. The minimum absolute atomic E-state index is 0.0355. The van der Waals surface area contributed by atoms with E-state index in [-0.39, 0.29) is 22.2 Å². The molecule has 130 valence electrons. The van der Waals surface area contributed by atoms with E-state index in [1.54, 1.807) is 0 Å². The molecule has 0 aliphatic carbocycles. The number of rotatable bonds is 3. The van der Waals surface area contributed by atoms with Crippen molar-refractivity contribution in [3.05, 3.63) is 16.7 Å². The van der Waals surface area contributed by atoms with E-state index in [4.69, 9.17) is 21.3 Å². The fraction of sp³-hybridized carbons (Fsp3) is 0.455. The molecule has 1 aliphatic heterocycles. The number of aliphatic hydroxyl groups excluding tert-OH is 3. The number of hydrogen-bond donors (Lipinski definition) is 6. The van der Waals surface area contributed by atoms with Crippen LogP contribution >= 0.6 is 12.2 Å². The summed E-state index contributed by atoms with van der Waals surface area (Å²) in [5.41, 5.74) is 12.7. The van der Waals surface area contributed by atoms with Crippen LogP contribution in [0, 0.1) is 0 Å². The Morgan fingerprint density at radius 2 is 2.17 bits per heavy atom. The van der Waals surface area contributed by atoms with E-state index in [2.05, 4.69) is 27.6 Å². The van der Waals surface area contributed by atoms with Crippen LogP contribution in [0.3, 0.4) is 0 Å². The van der Waals surface area contributed by atoms with Crippen molar-refractivity contribution in [2.75, 3.05) is 17.8 Å². The lowest BCUT2D eigenvalue weighted by molar-refractivity contribution is -0.0511. The molecule has 0 saturated carbocycles. The van der Waals surface area contributed by atoms with Crippen LogP contribution in [0.4, 0.5) is 5.95 Å². The Balaban J connectivity index is 2.09. The fourth-order valence-electron chi connectivity index (χ4n) is 2.50. The van der Waals surface area contributed by atoms with Crippen LogP contribution in [0.5, 0.6) is 0 Å². The zero-order valence-corrected chi connectivity index (χ0v) is 12.9. The van der Waals surface area contributed by atoms with Gasteiger partial charge in [0.25, 0.3) is 0 Å². The average molecular weight is 357 g/mol. The average Bonchev–Trinajstić information content (AvgIpc) is 3.06. The highest BCUT2D eigenvalue weighted by molar-refractivity contribution is 7.80. The number of anilines is 1. The number of nitrogens with zero attached hydrogens (tertiary/aromatic N) is 4. The molecule has 0 radical (unpaired) electrons. The smallest absolute Gasteiger partial charge is 0.302 e. The Bertz CT molecular complexity index is 851. The molecule has 1 fully saturated rings. The standard InChI is InChI=1S/C11H15N7O5S/c12-10-15-7-4(8(22)18(10)16-11(13)24)14-2-17(7)9-6(21)5(20)3(1-19)23-9/h2-3,5-6,9,19-21H,1H2,(H2,12,15)(H3,13,16,24)/t3-,5-,6-,9-/m1/s1. The van der Waals surface area contributed by atoms with Crippen molar-refractivity contribution in [3.63, 3.8) is 0 Å². The van der Waals surface area contributed by atoms with Crippen molar-refractivity contribution in [2.24, 2.45) is 5.73 Å². The molecular formula is C11H15N7O5S. The predicted molar refractivity (Wildman–Crippen MR) is 85.4 cm³/mol. The van der Waals surface area contributed by atoms with Gasteiger partial charge in [-0.3, -0.25) is 14.8 Å². The van der Waals surface area contributed by atoms with Gasteiger partial charge in [0.1, 0.15) is 18.3 Å². The van der Waals surface area contributed by atoms with Gasteiger partial charge in [0.15, 0.2) is 22.5 Å². The van der Waals surface area contributed by atoms with Gasteiger partial charge < -0.3 is 31.5 Å². The molecule has 2 aromatic rings. The van der Waals surface area contributed by atoms with Crippen molar-refractivity contribution in [1.82, 2.24) is 19.2 Å². The zero-order chi connectivity index (χ0) is 17.6. The second kappa shape index (κ2) is 5.95. The van der Waals surface area contributed by atoms with Crippen molar-refractivity contribution >= 4 is 34.4 Å².